The van der Waals surface area contributed by atoms with Gasteiger partial charge < -0.3 is 16.4 Å². The fourth-order valence-electron chi connectivity index (χ4n) is 6.23. The van der Waals surface area contributed by atoms with E-state index in [2.05, 4.69) is 16.7 Å². The predicted octanol–water partition coefficient (Wildman–Crippen LogP) is 5.56. The molecule has 0 radical (unpaired) electrons. The minimum Gasteiger partial charge on any atom is -0.366 e. The van der Waals surface area contributed by atoms with Crippen LogP contribution in [-0.4, -0.2) is 28.7 Å². The molecule has 2 aromatic heterocycles. The Kier molecular flexibility index (Phi) is 7.83. The van der Waals surface area contributed by atoms with Crippen molar-refractivity contribution in [1.29, 1.82) is 0 Å². The van der Waals surface area contributed by atoms with E-state index in [0.29, 0.717) is 51.5 Å². The summed E-state index contributed by atoms with van der Waals surface area (Å²) in [6.45, 7) is 4.06. The van der Waals surface area contributed by atoms with Gasteiger partial charge in [-0.25, -0.2) is 4.39 Å². The standard InChI is InChI=1S/C34H33FN4O3S/c1-18(2)15-25-29(32(36)40)31(30-26(38-25)17-22(37-34(30)42)16-19-7-10-21(35)11-8-19)27-13-14-28(43-27)33(41)39-24-12-9-20-5-3-4-6-23(20)24/h3-8,10-11,13-14,18,22,24H,9,12,15-17H2,1-2H3,(H2,36,40)(H,37,42)(H,39,41)/t22-,24-/m1/s1. The normalized spacial score (nSPS) is 17.3. The Morgan fingerprint density at radius 2 is 1.86 bits per heavy atom. The Bertz CT molecular complexity index is 1730. The number of nitrogens with one attached hydrogen (secondary N) is 2. The number of carbonyl (C=O) groups is 3. The van der Waals surface area contributed by atoms with Crippen LogP contribution < -0.4 is 16.4 Å². The molecule has 0 saturated carbocycles. The monoisotopic (exact) mass is 596 g/mol. The van der Waals surface area contributed by atoms with Crippen molar-refractivity contribution in [2.45, 2.75) is 58.0 Å². The molecule has 4 N–H and O–H groups in total. The number of rotatable bonds is 8. The van der Waals surface area contributed by atoms with Crippen LogP contribution >= 0.6 is 11.3 Å². The van der Waals surface area contributed by atoms with Crippen LogP contribution in [0.15, 0.2) is 60.7 Å². The van der Waals surface area contributed by atoms with Crippen molar-refractivity contribution in [3.8, 4) is 10.4 Å². The molecule has 220 valence electrons. The number of amides is 3. The quantitative estimate of drug-likeness (QED) is 0.247. The number of hydrogen-bond acceptors (Lipinski definition) is 5. The van der Waals surface area contributed by atoms with Gasteiger partial charge in [-0.15, -0.1) is 11.3 Å². The molecule has 2 atom stereocenters. The molecular weight excluding hydrogens is 563 g/mol. The molecule has 9 heteroatoms. The zero-order chi connectivity index (χ0) is 30.2. The van der Waals surface area contributed by atoms with Crippen LogP contribution in [0.4, 0.5) is 4.39 Å². The summed E-state index contributed by atoms with van der Waals surface area (Å²) in [6.07, 6.45) is 3.20. The number of halogens is 1. The van der Waals surface area contributed by atoms with E-state index < -0.39 is 5.91 Å². The summed E-state index contributed by atoms with van der Waals surface area (Å²) in [4.78, 5) is 46.0. The van der Waals surface area contributed by atoms with E-state index >= 15 is 0 Å². The number of aromatic nitrogens is 1. The molecule has 0 fully saturated rings. The second kappa shape index (κ2) is 11.7. The minimum atomic E-state index is -0.663. The third-order valence-corrected chi connectivity index (χ3v) is 9.21. The van der Waals surface area contributed by atoms with Crippen molar-refractivity contribution >= 4 is 29.1 Å². The number of pyridine rings is 1. The van der Waals surface area contributed by atoms with Crippen LogP contribution in [0.5, 0.6) is 0 Å². The first-order valence-corrected chi connectivity index (χ1v) is 15.4. The van der Waals surface area contributed by atoms with Gasteiger partial charge >= 0.3 is 0 Å². The van der Waals surface area contributed by atoms with E-state index in [-0.39, 0.29) is 41.2 Å². The Morgan fingerprint density at radius 1 is 1.09 bits per heavy atom. The van der Waals surface area contributed by atoms with Crippen LogP contribution in [0.25, 0.3) is 10.4 Å². The van der Waals surface area contributed by atoms with Gasteiger partial charge in [0.05, 0.1) is 33.4 Å². The van der Waals surface area contributed by atoms with Crippen molar-refractivity contribution in [2.75, 3.05) is 0 Å². The molecule has 2 aromatic carbocycles. The third kappa shape index (κ3) is 5.82. The fraction of sp³-hybridized carbons (Fsp3) is 0.294. The van der Waals surface area contributed by atoms with E-state index in [9.17, 15) is 18.8 Å². The van der Waals surface area contributed by atoms with Crippen LogP contribution in [0.1, 0.15) is 84.8 Å². The lowest BCUT2D eigenvalue weighted by Gasteiger charge is -2.28. The highest BCUT2D eigenvalue weighted by molar-refractivity contribution is 7.17. The van der Waals surface area contributed by atoms with Crippen molar-refractivity contribution in [3.05, 3.63) is 111 Å². The highest BCUT2D eigenvalue weighted by Crippen LogP contribution is 2.39. The van der Waals surface area contributed by atoms with Crippen LogP contribution in [0.2, 0.25) is 0 Å². The summed E-state index contributed by atoms with van der Waals surface area (Å²) >= 11 is 1.23. The number of benzene rings is 2. The number of thiophene rings is 1. The molecule has 0 unspecified atom stereocenters. The maximum atomic E-state index is 13.7. The number of primary amides is 1. The van der Waals surface area contributed by atoms with E-state index in [1.807, 2.05) is 32.0 Å². The second-order valence-electron chi connectivity index (χ2n) is 11.7. The van der Waals surface area contributed by atoms with E-state index in [0.717, 1.165) is 24.0 Å². The van der Waals surface area contributed by atoms with Gasteiger partial charge in [-0.1, -0.05) is 50.2 Å². The van der Waals surface area contributed by atoms with Crippen molar-refractivity contribution in [2.24, 2.45) is 11.7 Å². The minimum absolute atomic E-state index is 0.0643. The Labute approximate surface area is 253 Å². The van der Waals surface area contributed by atoms with Gasteiger partial charge in [0.15, 0.2) is 0 Å². The molecule has 1 aliphatic heterocycles. The van der Waals surface area contributed by atoms with Crippen molar-refractivity contribution in [1.82, 2.24) is 15.6 Å². The van der Waals surface area contributed by atoms with Crippen molar-refractivity contribution in [3.63, 3.8) is 0 Å². The predicted molar refractivity (Wildman–Crippen MR) is 165 cm³/mol. The molecule has 2 aliphatic rings. The third-order valence-electron chi connectivity index (χ3n) is 8.11. The smallest absolute Gasteiger partial charge is 0.261 e. The first-order valence-electron chi connectivity index (χ1n) is 14.6. The molecule has 0 bridgehead atoms. The van der Waals surface area contributed by atoms with Gasteiger partial charge in [0.1, 0.15) is 5.82 Å². The van der Waals surface area contributed by atoms with Crippen LogP contribution in [0, 0.1) is 11.7 Å². The maximum absolute atomic E-state index is 13.7. The van der Waals surface area contributed by atoms with Crippen molar-refractivity contribution < 1.29 is 18.8 Å². The number of aryl methyl sites for hydroxylation is 1. The molecule has 0 spiro atoms. The first-order chi connectivity index (χ1) is 20.7. The summed E-state index contributed by atoms with van der Waals surface area (Å²) in [6, 6.07) is 17.5. The molecule has 1 aliphatic carbocycles. The highest BCUT2D eigenvalue weighted by atomic mass is 32.1. The fourth-order valence-corrected chi connectivity index (χ4v) is 7.19. The zero-order valence-electron chi connectivity index (χ0n) is 24.1. The average Bonchev–Trinajstić information content (AvgIpc) is 3.61. The van der Waals surface area contributed by atoms with Gasteiger partial charge in [0, 0.05) is 22.9 Å². The van der Waals surface area contributed by atoms with Gasteiger partial charge in [-0.2, -0.15) is 0 Å². The summed E-state index contributed by atoms with van der Waals surface area (Å²) in [7, 11) is 0. The lowest BCUT2D eigenvalue weighted by Crippen LogP contribution is -2.44. The lowest BCUT2D eigenvalue weighted by molar-refractivity contribution is 0.0921. The largest absolute Gasteiger partial charge is 0.366 e. The number of carbonyl (C=O) groups excluding carboxylic acids is 3. The average molecular weight is 597 g/mol. The molecule has 3 heterocycles. The lowest BCUT2D eigenvalue weighted by atomic mass is 9.87. The molecule has 0 saturated heterocycles. The number of fused-ring (bicyclic) bond motifs is 2. The molecule has 6 rings (SSSR count). The topological polar surface area (TPSA) is 114 Å². The Hall–Kier alpha value is -4.37. The first kappa shape index (κ1) is 28.7. The van der Waals surface area contributed by atoms with E-state index in [1.54, 1.807) is 24.3 Å². The molecule has 4 aromatic rings. The van der Waals surface area contributed by atoms with E-state index in [1.165, 1.54) is 29.0 Å². The number of nitrogens with two attached hydrogens (primary N) is 1. The maximum Gasteiger partial charge on any atom is 0.261 e. The number of nitrogens with zero attached hydrogens (tertiary/aromatic N) is 1. The van der Waals surface area contributed by atoms with Gasteiger partial charge in [0.2, 0.25) is 0 Å². The Morgan fingerprint density at radius 3 is 2.60 bits per heavy atom. The van der Waals surface area contributed by atoms with Gasteiger partial charge in [-0.05, 0) is 72.6 Å². The summed E-state index contributed by atoms with van der Waals surface area (Å²) in [5.74, 6) is -1.35. The van der Waals surface area contributed by atoms with Gasteiger partial charge in [0.25, 0.3) is 17.7 Å². The summed E-state index contributed by atoms with van der Waals surface area (Å²) in [5.41, 5.74) is 11.3. The van der Waals surface area contributed by atoms with Gasteiger partial charge in [-0.3, -0.25) is 19.4 Å². The second-order valence-corrected chi connectivity index (χ2v) is 12.8. The summed E-state index contributed by atoms with van der Waals surface area (Å²) in [5, 5.41) is 6.22. The zero-order valence-corrected chi connectivity index (χ0v) is 24.9. The SMILES string of the molecule is CC(C)Cc1nc2c(c(-c3ccc(C(=O)N[C@@H]4CCc5ccccc54)s3)c1C(N)=O)C(=O)N[C@H](Cc1ccc(F)cc1)C2. The van der Waals surface area contributed by atoms with E-state index in [4.69, 9.17) is 10.7 Å². The van der Waals surface area contributed by atoms with Crippen LogP contribution in [0.3, 0.4) is 0 Å². The Balaban J connectivity index is 1.36. The molecule has 43 heavy (non-hydrogen) atoms. The molecule has 7 nitrogen and oxygen atoms in total. The van der Waals surface area contributed by atoms with Crippen LogP contribution in [-0.2, 0) is 25.7 Å². The number of hydrogen-bond donors (Lipinski definition) is 3. The molecular formula is C34H33FN4O3S. The molecule has 3 amide bonds. The highest BCUT2D eigenvalue weighted by Gasteiger charge is 2.34. The summed E-state index contributed by atoms with van der Waals surface area (Å²) < 4.78 is 13.5.